The van der Waals surface area contributed by atoms with Crippen molar-refractivity contribution < 1.29 is 13.6 Å². The van der Waals surface area contributed by atoms with Crippen LogP contribution >= 0.6 is 0 Å². The Kier molecular flexibility index (Phi) is 4.33. The van der Waals surface area contributed by atoms with Crippen LogP contribution in [0.25, 0.3) is 0 Å². The average Bonchev–Trinajstić information content (AvgIpc) is 2.45. The lowest BCUT2D eigenvalue weighted by Crippen LogP contribution is -2.49. The zero-order valence-electron chi connectivity index (χ0n) is 12.0. The van der Waals surface area contributed by atoms with Gasteiger partial charge in [0.15, 0.2) is 5.84 Å². The first kappa shape index (κ1) is 15.5. The summed E-state index contributed by atoms with van der Waals surface area (Å²) in [5, 5.41) is 12.0. The van der Waals surface area contributed by atoms with E-state index in [-0.39, 0.29) is 5.84 Å². The van der Waals surface area contributed by atoms with E-state index >= 15 is 0 Å². The quantitative estimate of drug-likeness (QED) is 0.339. The van der Waals surface area contributed by atoms with Gasteiger partial charge in [-0.05, 0) is 18.6 Å². The molecule has 0 saturated carbocycles. The molecule has 1 fully saturated rings. The van der Waals surface area contributed by atoms with Crippen LogP contribution < -0.4 is 10.6 Å². The minimum Gasteiger partial charge on any atom is -0.409 e. The number of nitrogens with two attached hydrogens (primary N) is 1. The second kappa shape index (κ2) is 5.86. The van der Waals surface area contributed by atoms with Crippen molar-refractivity contribution in [2.24, 2.45) is 10.9 Å². The fraction of sp³-hybridized carbons (Fsp3) is 0.500. The number of aromatic nitrogens is 1. The third-order valence-corrected chi connectivity index (χ3v) is 4.81. The molecular weight excluding hydrogens is 294 g/mol. The summed E-state index contributed by atoms with van der Waals surface area (Å²) in [5.74, 6) is 0.611. The number of anilines is 1. The molecule has 8 nitrogen and oxygen atoms in total. The molecule has 21 heavy (non-hydrogen) atoms. The standard InChI is InChI=1S/C12H19N5O3S/c1-9-3-4-14-12(10(9)11(13)15-18)16-5-7-17(8-6-16)21(2,19)20/h3-4,18H,5-8H2,1-2H3,(H2,13,15). The number of hydrogen-bond donors (Lipinski definition) is 2. The molecule has 0 radical (unpaired) electrons. The van der Waals surface area contributed by atoms with Crippen LogP contribution in [-0.4, -0.2) is 61.2 Å². The molecule has 1 aromatic heterocycles. The van der Waals surface area contributed by atoms with Gasteiger partial charge < -0.3 is 15.8 Å². The van der Waals surface area contributed by atoms with Gasteiger partial charge in [0.2, 0.25) is 10.0 Å². The topological polar surface area (TPSA) is 112 Å². The van der Waals surface area contributed by atoms with Gasteiger partial charge in [0.05, 0.1) is 11.8 Å². The van der Waals surface area contributed by atoms with Crippen molar-refractivity contribution in [3.8, 4) is 0 Å². The predicted molar refractivity (Wildman–Crippen MR) is 80.1 cm³/mol. The number of sulfonamides is 1. The molecule has 9 heteroatoms. The number of aryl methyl sites for hydroxylation is 1. The van der Waals surface area contributed by atoms with Gasteiger partial charge in [-0.1, -0.05) is 5.16 Å². The highest BCUT2D eigenvalue weighted by atomic mass is 32.2. The predicted octanol–water partition coefficient (Wildman–Crippen LogP) is -0.434. The summed E-state index contributed by atoms with van der Waals surface area (Å²) in [5.41, 5.74) is 7.15. The fourth-order valence-corrected chi connectivity index (χ4v) is 3.21. The average molecular weight is 313 g/mol. The lowest BCUT2D eigenvalue weighted by Gasteiger charge is -2.35. The molecule has 0 amide bonds. The number of nitrogens with zero attached hydrogens (tertiary/aromatic N) is 4. The molecule has 0 bridgehead atoms. The summed E-state index contributed by atoms with van der Waals surface area (Å²) in [6.45, 7) is 3.66. The van der Waals surface area contributed by atoms with Gasteiger partial charge >= 0.3 is 0 Å². The Hall–Kier alpha value is -1.87. The van der Waals surface area contributed by atoms with Crippen molar-refractivity contribution in [3.05, 3.63) is 23.4 Å². The first-order valence-electron chi connectivity index (χ1n) is 6.48. The zero-order chi connectivity index (χ0) is 15.6. The van der Waals surface area contributed by atoms with E-state index in [1.54, 1.807) is 12.3 Å². The largest absolute Gasteiger partial charge is 0.409 e. The number of hydrogen-bond acceptors (Lipinski definition) is 6. The van der Waals surface area contributed by atoms with Crippen LogP contribution in [0.4, 0.5) is 5.82 Å². The van der Waals surface area contributed by atoms with E-state index in [0.717, 1.165) is 5.56 Å². The van der Waals surface area contributed by atoms with Gasteiger partial charge in [-0.15, -0.1) is 0 Å². The van der Waals surface area contributed by atoms with Crippen LogP contribution in [0, 0.1) is 6.92 Å². The zero-order valence-corrected chi connectivity index (χ0v) is 12.8. The summed E-state index contributed by atoms with van der Waals surface area (Å²) in [7, 11) is -3.17. The van der Waals surface area contributed by atoms with Crippen LogP contribution in [0.1, 0.15) is 11.1 Å². The molecule has 2 heterocycles. The number of piperazine rings is 1. The van der Waals surface area contributed by atoms with E-state index in [1.807, 2.05) is 11.8 Å². The first-order chi connectivity index (χ1) is 9.84. The lowest BCUT2D eigenvalue weighted by molar-refractivity contribution is 0.318. The summed E-state index contributed by atoms with van der Waals surface area (Å²) in [6.07, 6.45) is 2.86. The Morgan fingerprint density at radius 3 is 2.52 bits per heavy atom. The molecule has 1 aromatic rings. The Morgan fingerprint density at radius 2 is 2.00 bits per heavy atom. The fourth-order valence-electron chi connectivity index (χ4n) is 2.38. The van der Waals surface area contributed by atoms with Gasteiger partial charge in [-0.3, -0.25) is 0 Å². The van der Waals surface area contributed by atoms with Crippen LogP contribution in [0.5, 0.6) is 0 Å². The summed E-state index contributed by atoms with van der Waals surface area (Å²) < 4.78 is 24.5. The molecule has 1 aliphatic heterocycles. The smallest absolute Gasteiger partial charge is 0.211 e. The van der Waals surface area contributed by atoms with Gasteiger partial charge in [0.1, 0.15) is 5.82 Å². The van der Waals surface area contributed by atoms with Crippen molar-refractivity contribution in [3.63, 3.8) is 0 Å². The Labute approximate surface area is 123 Å². The third-order valence-electron chi connectivity index (χ3n) is 3.51. The maximum atomic E-state index is 11.5. The molecule has 0 aromatic carbocycles. The Morgan fingerprint density at radius 1 is 1.38 bits per heavy atom. The summed E-state index contributed by atoms with van der Waals surface area (Å²) >= 11 is 0. The second-order valence-electron chi connectivity index (χ2n) is 4.96. The molecule has 116 valence electrons. The van der Waals surface area contributed by atoms with Crippen LogP contribution in [0.3, 0.4) is 0 Å². The van der Waals surface area contributed by atoms with E-state index in [4.69, 9.17) is 10.9 Å². The van der Waals surface area contributed by atoms with Crippen molar-refractivity contribution in [1.82, 2.24) is 9.29 Å². The van der Waals surface area contributed by atoms with E-state index in [1.165, 1.54) is 10.6 Å². The van der Waals surface area contributed by atoms with Gasteiger partial charge in [0.25, 0.3) is 0 Å². The van der Waals surface area contributed by atoms with Crippen molar-refractivity contribution >= 4 is 21.7 Å². The third kappa shape index (κ3) is 3.24. The number of rotatable bonds is 3. The number of amidine groups is 1. The Bertz CT molecular complexity index is 651. The molecule has 0 aliphatic carbocycles. The van der Waals surface area contributed by atoms with Crippen molar-refractivity contribution in [1.29, 1.82) is 0 Å². The number of pyridine rings is 1. The molecule has 0 spiro atoms. The van der Waals surface area contributed by atoms with Crippen LogP contribution in [-0.2, 0) is 10.0 Å². The lowest BCUT2D eigenvalue weighted by atomic mass is 10.1. The molecule has 1 aliphatic rings. The van der Waals surface area contributed by atoms with Gasteiger partial charge in [-0.2, -0.15) is 4.31 Å². The molecule has 0 atom stereocenters. The highest BCUT2D eigenvalue weighted by Crippen LogP contribution is 2.22. The van der Waals surface area contributed by atoms with Gasteiger partial charge in [0, 0.05) is 32.4 Å². The normalized spacial score (nSPS) is 18.0. The SMILES string of the molecule is Cc1ccnc(N2CCN(S(C)(=O)=O)CC2)c1/C(N)=N/O. The monoisotopic (exact) mass is 313 g/mol. The Balaban J connectivity index is 2.27. The van der Waals surface area contributed by atoms with E-state index in [0.29, 0.717) is 37.6 Å². The van der Waals surface area contributed by atoms with E-state index in [9.17, 15) is 8.42 Å². The minimum absolute atomic E-state index is 0.00106. The van der Waals surface area contributed by atoms with Gasteiger partial charge in [-0.25, -0.2) is 13.4 Å². The molecule has 1 saturated heterocycles. The molecular formula is C12H19N5O3S. The highest BCUT2D eigenvalue weighted by Gasteiger charge is 2.26. The molecule has 0 unspecified atom stereocenters. The van der Waals surface area contributed by atoms with Crippen molar-refractivity contribution in [2.75, 3.05) is 37.3 Å². The van der Waals surface area contributed by atoms with E-state index < -0.39 is 10.0 Å². The van der Waals surface area contributed by atoms with Crippen molar-refractivity contribution in [2.45, 2.75) is 6.92 Å². The number of oxime groups is 1. The summed E-state index contributed by atoms with van der Waals surface area (Å²) in [6, 6.07) is 1.78. The first-order valence-corrected chi connectivity index (χ1v) is 8.33. The van der Waals surface area contributed by atoms with E-state index in [2.05, 4.69) is 10.1 Å². The summed E-state index contributed by atoms with van der Waals surface area (Å²) in [4.78, 5) is 6.25. The maximum Gasteiger partial charge on any atom is 0.211 e. The highest BCUT2D eigenvalue weighted by molar-refractivity contribution is 7.88. The maximum absolute atomic E-state index is 11.5. The van der Waals surface area contributed by atoms with Crippen LogP contribution in [0.2, 0.25) is 0 Å². The minimum atomic E-state index is -3.17. The molecule has 3 N–H and O–H groups in total. The molecule has 2 rings (SSSR count). The second-order valence-corrected chi connectivity index (χ2v) is 6.94. The van der Waals surface area contributed by atoms with Crippen LogP contribution in [0.15, 0.2) is 17.4 Å².